The third-order valence-electron chi connectivity index (χ3n) is 5.20. The molecule has 3 amide bonds. The summed E-state index contributed by atoms with van der Waals surface area (Å²) in [5.74, 6) is -0.0586. The van der Waals surface area contributed by atoms with E-state index >= 15 is 0 Å². The highest BCUT2D eigenvalue weighted by Gasteiger charge is 2.18. The molecule has 3 rings (SSSR count). The molecular formula is C24H33N5O3. The van der Waals surface area contributed by atoms with Crippen LogP contribution in [0.4, 0.5) is 10.5 Å². The number of nitrogens with zero attached hydrogens (tertiary/aromatic N) is 3. The Hall–Kier alpha value is -2.97. The average molecular weight is 440 g/mol. The number of benzene rings is 1. The van der Waals surface area contributed by atoms with Crippen LogP contribution in [-0.4, -0.2) is 72.2 Å². The van der Waals surface area contributed by atoms with Crippen molar-refractivity contribution in [3.05, 3.63) is 59.9 Å². The zero-order valence-corrected chi connectivity index (χ0v) is 18.9. The number of morpholine rings is 1. The standard InChI is InChI=1S/C24H33N5O3/c1-19(2)26-24(31)27-22-6-3-5-21(17-22)23(30)29(18-20-7-9-25-10-8-20)12-4-11-28-13-15-32-16-14-28/h3,5-10,17,19H,4,11-16,18H2,1-2H3,(H2,26,27,31). The van der Waals surface area contributed by atoms with Crippen molar-refractivity contribution in [2.45, 2.75) is 32.9 Å². The van der Waals surface area contributed by atoms with E-state index in [1.165, 1.54) is 0 Å². The van der Waals surface area contributed by atoms with Crippen LogP contribution in [0.15, 0.2) is 48.8 Å². The zero-order valence-electron chi connectivity index (χ0n) is 18.9. The Balaban J connectivity index is 1.67. The van der Waals surface area contributed by atoms with Gasteiger partial charge in [0, 0.05) is 62.4 Å². The molecule has 1 aliphatic rings. The number of carbonyl (C=O) groups is 2. The molecule has 32 heavy (non-hydrogen) atoms. The monoisotopic (exact) mass is 439 g/mol. The third kappa shape index (κ3) is 7.62. The number of amides is 3. The van der Waals surface area contributed by atoms with Crippen LogP contribution < -0.4 is 10.6 Å². The van der Waals surface area contributed by atoms with Gasteiger partial charge in [-0.2, -0.15) is 0 Å². The van der Waals surface area contributed by atoms with E-state index in [0.717, 1.165) is 44.8 Å². The second kappa shape index (κ2) is 12.2. The fourth-order valence-electron chi connectivity index (χ4n) is 3.61. The van der Waals surface area contributed by atoms with Gasteiger partial charge in [-0.15, -0.1) is 0 Å². The first-order chi connectivity index (χ1) is 15.5. The smallest absolute Gasteiger partial charge is 0.319 e. The minimum Gasteiger partial charge on any atom is -0.379 e. The summed E-state index contributed by atoms with van der Waals surface area (Å²) in [7, 11) is 0. The van der Waals surface area contributed by atoms with Gasteiger partial charge in [0.05, 0.1) is 13.2 Å². The lowest BCUT2D eigenvalue weighted by Gasteiger charge is -2.28. The van der Waals surface area contributed by atoms with Gasteiger partial charge in [0.2, 0.25) is 0 Å². The van der Waals surface area contributed by atoms with Crippen LogP contribution in [0.3, 0.4) is 0 Å². The number of pyridine rings is 1. The number of hydrogen-bond acceptors (Lipinski definition) is 5. The molecule has 2 heterocycles. The van der Waals surface area contributed by atoms with Crippen LogP contribution in [0.1, 0.15) is 36.2 Å². The van der Waals surface area contributed by atoms with Gasteiger partial charge in [0.15, 0.2) is 0 Å². The van der Waals surface area contributed by atoms with E-state index in [1.807, 2.05) is 30.9 Å². The van der Waals surface area contributed by atoms with Crippen molar-refractivity contribution in [3.8, 4) is 0 Å². The number of hydrogen-bond donors (Lipinski definition) is 2. The van der Waals surface area contributed by atoms with Crippen LogP contribution in [-0.2, 0) is 11.3 Å². The molecule has 1 aliphatic heterocycles. The highest BCUT2D eigenvalue weighted by molar-refractivity contribution is 5.97. The maximum Gasteiger partial charge on any atom is 0.319 e. The SMILES string of the molecule is CC(C)NC(=O)Nc1cccc(C(=O)N(CCCN2CCOCC2)Cc2ccncc2)c1. The number of ether oxygens (including phenoxy) is 1. The van der Waals surface area contributed by atoms with E-state index in [4.69, 9.17) is 4.74 Å². The first-order valence-electron chi connectivity index (χ1n) is 11.2. The molecule has 0 atom stereocenters. The first-order valence-corrected chi connectivity index (χ1v) is 11.2. The Morgan fingerprint density at radius 3 is 2.62 bits per heavy atom. The van der Waals surface area contributed by atoms with Crippen molar-refractivity contribution in [2.24, 2.45) is 0 Å². The molecule has 1 saturated heterocycles. The van der Waals surface area contributed by atoms with Gasteiger partial charge in [-0.25, -0.2) is 4.79 Å². The van der Waals surface area contributed by atoms with Gasteiger partial charge in [-0.3, -0.25) is 14.7 Å². The quantitative estimate of drug-likeness (QED) is 0.627. The molecule has 0 unspecified atom stereocenters. The van der Waals surface area contributed by atoms with E-state index in [1.54, 1.807) is 36.7 Å². The molecule has 0 saturated carbocycles. The number of nitrogens with one attached hydrogen (secondary N) is 2. The van der Waals surface area contributed by atoms with Crippen molar-refractivity contribution in [1.82, 2.24) is 20.1 Å². The molecule has 1 aromatic heterocycles. The van der Waals surface area contributed by atoms with Gasteiger partial charge < -0.3 is 20.3 Å². The van der Waals surface area contributed by atoms with E-state index in [-0.39, 0.29) is 18.0 Å². The highest BCUT2D eigenvalue weighted by atomic mass is 16.5. The zero-order chi connectivity index (χ0) is 22.8. The fourth-order valence-corrected chi connectivity index (χ4v) is 3.61. The van der Waals surface area contributed by atoms with Crippen molar-refractivity contribution in [2.75, 3.05) is 44.7 Å². The lowest BCUT2D eigenvalue weighted by molar-refractivity contribution is 0.0355. The highest BCUT2D eigenvalue weighted by Crippen LogP contribution is 2.15. The fraction of sp³-hybridized carbons (Fsp3) is 0.458. The molecule has 0 bridgehead atoms. The topological polar surface area (TPSA) is 86.8 Å². The maximum absolute atomic E-state index is 13.4. The summed E-state index contributed by atoms with van der Waals surface area (Å²) >= 11 is 0. The van der Waals surface area contributed by atoms with Crippen LogP contribution in [0, 0.1) is 0 Å². The van der Waals surface area contributed by atoms with E-state index in [9.17, 15) is 9.59 Å². The minimum atomic E-state index is -0.288. The summed E-state index contributed by atoms with van der Waals surface area (Å²) < 4.78 is 5.42. The summed E-state index contributed by atoms with van der Waals surface area (Å²) in [4.78, 5) is 33.7. The van der Waals surface area contributed by atoms with E-state index in [0.29, 0.717) is 24.3 Å². The number of carbonyl (C=O) groups excluding carboxylic acids is 2. The summed E-state index contributed by atoms with van der Waals surface area (Å²) in [6.45, 7) is 9.28. The van der Waals surface area contributed by atoms with Gasteiger partial charge in [0.25, 0.3) is 5.91 Å². The molecule has 2 aromatic rings. The molecule has 0 aliphatic carbocycles. The molecule has 0 spiro atoms. The van der Waals surface area contributed by atoms with Crippen LogP contribution >= 0.6 is 0 Å². The average Bonchev–Trinajstić information content (AvgIpc) is 2.79. The first kappa shape index (κ1) is 23.7. The maximum atomic E-state index is 13.4. The van der Waals surface area contributed by atoms with Gasteiger partial charge in [-0.1, -0.05) is 6.07 Å². The molecule has 8 nitrogen and oxygen atoms in total. The number of anilines is 1. The van der Waals surface area contributed by atoms with Crippen molar-refractivity contribution >= 4 is 17.6 Å². The summed E-state index contributed by atoms with van der Waals surface area (Å²) in [6.07, 6.45) is 4.36. The number of urea groups is 1. The van der Waals surface area contributed by atoms with Crippen LogP contribution in [0.2, 0.25) is 0 Å². The largest absolute Gasteiger partial charge is 0.379 e. The van der Waals surface area contributed by atoms with Crippen molar-refractivity contribution in [1.29, 1.82) is 0 Å². The van der Waals surface area contributed by atoms with E-state index in [2.05, 4.69) is 20.5 Å². The molecule has 2 N–H and O–H groups in total. The van der Waals surface area contributed by atoms with Crippen LogP contribution in [0.25, 0.3) is 0 Å². The Kier molecular flexibility index (Phi) is 9.01. The number of aromatic nitrogens is 1. The molecule has 1 aromatic carbocycles. The van der Waals surface area contributed by atoms with Gasteiger partial charge in [-0.05, 0) is 56.2 Å². The Morgan fingerprint density at radius 2 is 1.91 bits per heavy atom. The Bertz CT molecular complexity index is 869. The molecule has 8 heteroatoms. The lowest BCUT2D eigenvalue weighted by Crippen LogP contribution is -2.39. The summed E-state index contributed by atoms with van der Waals surface area (Å²) in [6, 6.07) is 10.7. The molecule has 1 fully saturated rings. The van der Waals surface area contributed by atoms with Crippen molar-refractivity contribution in [3.63, 3.8) is 0 Å². The lowest BCUT2D eigenvalue weighted by atomic mass is 10.1. The van der Waals surface area contributed by atoms with Gasteiger partial charge in [0.1, 0.15) is 0 Å². The molecule has 0 radical (unpaired) electrons. The molecular weight excluding hydrogens is 406 g/mol. The Labute approximate surface area is 190 Å². The minimum absolute atomic E-state index is 0.0298. The third-order valence-corrected chi connectivity index (χ3v) is 5.20. The second-order valence-corrected chi connectivity index (χ2v) is 8.22. The Morgan fingerprint density at radius 1 is 1.16 bits per heavy atom. The second-order valence-electron chi connectivity index (χ2n) is 8.22. The van der Waals surface area contributed by atoms with E-state index < -0.39 is 0 Å². The molecule has 172 valence electrons. The summed E-state index contributed by atoms with van der Waals surface area (Å²) in [5, 5.41) is 5.59. The summed E-state index contributed by atoms with van der Waals surface area (Å²) in [5.41, 5.74) is 2.17. The number of rotatable bonds is 9. The van der Waals surface area contributed by atoms with Crippen LogP contribution in [0.5, 0.6) is 0 Å². The van der Waals surface area contributed by atoms with Crippen molar-refractivity contribution < 1.29 is 14.3 Å². The predicted molar refractivity (Wildman–Crippen MR) is 125 cm³/mol. The van der Waals surface area contributed by atoms with Gasteiger partial charge >= 0.3 is 6.03 Å². The predicted octanol–water partition coefficient (Wildman–Crippen LogP) is 2.98. The normalized spacial score (nSPS) is 14.2.